The first-order valence-electron chi connectivity index (χ1n) is 6.38. The molecule has 6 nitrogen and oxygen atoms in total. The van der Waals surface area contributed by atoms with Crippen LogP contribution in [-0.4, -0.2) is 19.9 Å². The lowest BCUT2D eigenvalue weighted by Gasteiger charge is -2.03. The van der Waals surface area contributed by atoms with Crippen LogP contribution in [-0.2, 0) is 13.0 Å². The van der Waals surface area contributed by atoms with E-state index in [1.807, 2.05) is 6.92 Å². The predicted octanol–water partition coefficient (Wildman–Crippen LogP) is 3.12. The fraction of sp³-hybridized carbons (Fsp3) is 0.385. The van der Waals surface area contributed by atoms with Crippen molar-refractivity contribution >= 4 is 17.3 Å². The highest BCUT2D eigenvalue weighted by molar-refractivity contribution is 6.20. The number of para-hydroxylation sites is 1. The lowest BCUT2D eigenvalue weighted by molar-refractivity contribution is -0.385. The van der Waals surface area contributed by atoms with Crippen LogP contribution in [0.2, 0.25) is 0 Å². The molecule has 0 bridgehead atoms. The topological polar surface area (TPSA) is 73.8 Å². The van der Waals surface area contributed by atoms with Gasteiger partial charge in [0.05, 0.1) is 10.3 Å². The molecule has 0 aliphatic carbocycles. The van der Waals surface area contributed by atoms with Gasteiger partial charge in [-0.05, 0) is 12.8 Å². The van der Waals surface area contributed by atoms with Crippen LogP contribution >= 0.6 is 11.6 Å². The summed E-state index contributed by atoms with van der Waals surface area (Å²) in [5.74, 6) is 0. The summed E-state index contributed by atoms with van der Waals surface area (Å²) in [6.07, 6.45) is 3.10. The summed E-state index contributed by atoms with van der Waals surface area (Å²) >= 11 is 6.08. The third-order valence-electron chi connectivity index (χ3n) is 3.03. The van der Waals surface area contributed by atoms with E-state index in [9.17, 15) is 10.1 Å². The Morgan fingerprint density at radius 1 is 1.45 bits per heavy atom. The maximum Gasteiger partial charge on any atom is 0.272 e. The highest BCUT2D eigenvalue weighted by Gasteiger charge is 2.13. The molecule has 1 atom stereocenters. The Labute approximate surface area is 121 Å². The summed E-state index contributed by atoms with van der Waals surface area (Å²) in [6.45, 7) is 2.51. The first-order valence-corrected chi connectivity index (χ1v) is 6.82. The zero-order valence-electron chi connectivity index (χ0n) is 11.1. The van der Waals surface area contributed by atoms with Crippen molar-refractivity contribution in [1.29, 1.82) is 0 Å². The number of nitro benzene ring substituents is 1. The van der Waals surface area contributed by atoms with Crippen molar-refractivity contribution in [2.45, 2.75) is 31.7 Å². The Kier molecular flexibility index (Phi) is 4.68. The second kappa shape index (κ2) is 6.47. The van der Waals surface area contributed by atoms with Gasteiger partial charge in [0.2, 0.25) is 0 Å². The molecule has 0 radical (unpaired) electrons. The second-order valence-electron chi connectivity index (χ2n) is 4.42. The summed E-state index contributed by atoms with van der Waals surface area (Å²) in [5.41, 5.74) is 1.56. The quantitative estimate of drug-likeness (QED) is 0.466. The van der Waals surface area contributed by atoms with Crippen molar-refractivity contribution in [3.05, 3.63) is 51.8 Å². The Bertz CT molecular complexity index is 600. The molecule has 0 amide bonds. The van der Waals surface area contributed by atoms with Gasteiger partial charge in [0.1, 0.15) is 5.69 Å². The minimum atomic E-state index is -0.367. The number of benzene rings is 1. The Hall–Kier alpha value is -1.95. The van der Waals surface area contributed by atoms with E-state index < -0.39 is 0 Å². The molecule has 0 saturated heterocycles. The third-order valence-corrected chi connectivity index (χ3v) is 3.57. The Balaban J connectivity index is 2.06. The molecule has 0 aliphatic rings. The van der Waals surface area contributed by atoms with Crippen molar-refractivity contribution < 1.29 is 4.92 Å². The molecule has 1 heterocycles. The summed E-state index contributed by atoms with van der Waals surface area (Å²) in [6, 6.07) is 6.72. The van der Waals surface area contributed by atoms with Gasteiger partial charge >= 0.3 is 0 Å². The van der Waals surface area contributed by atoms with Gasteiger partial charge in [0, 0.05) is 24.4 Å². The average molecular weight is 295 g/mol. The van der Waals surface area contributed by atoms with E-state index in [-0.39, 0.29) is 16.0 Å². The van der Waals surface area contributed by atoms with Crippen LogP contribution in [0.1, 0.15) is 30.0 Å². The summed E-state index contributed by atoms with van der Waals surface area (Å²) in [7, 11) is 0. The van der Waals surface area contributed by atoms with Gasteiger partial charge in [0.25, 0.3) is 5.69 Å². The number of aromatic nitrogens is 3. The summed E-state index contributed by atoms with van der Waals surface area (Å²) < 4.78 is 1.66. The van der Waals surface area contributed by atoms with Crippen molar-refractivity contribution in [2.24, 2.45) is 0 Å². The maximum atomic E-state index is 10.9. The van der Waals surface area contributed by atoms with Gasteiger partial charge in [-0.25, -0.2) is 0 Å². The lowest BCUT2D eigenvalue weighted by Crippen LogP contribution is -2.04. The molecule has 0 saturated carbocycles. The molecule has 2 rings (SSSR count). The number of hydrogen-bond acceptors (Lipinski definition) is 4. The van der Waals surface area contributed by atoms with Crippen molar-refractivity contribution in [1.82, 2.24) is 15.0 Å². The molecule has 1 unspecified atom stereocenters. The van der Waals surface area contributed by atoms with E-state index in [1.54, 1.807) is 29.1 Å². The molecule has 2 aromatic rings. The van der Waals surface area contributed by atoms with E-state index in [1.165, 1.54) is 6.07 Å². The third kappa shape index (κ3) is 3.33. The number of aryl methyl sites for hydroxylation is 2. The number of nitrogens with zero attached hydrogens (tertiary/aromatic N) is 4. The van der Waals surface area contributed by atoms with E-state index in [4.69, 9.17) is 11.6 Å². The highest BCUT2D eigenvalue weighted by Crippen LogP contribution is 2.21. The molecular formula is C13H15ClN4O2. The number of rotatable bonds is 6. The van der Waals surface area contributed by atoms with Crippen LogP contribution in [0.3, 0.4) is 0 Å². The highest BCUT2D eigenvalue weighted by atomic mass is 35.5. The van der Waals surface area contributed by atoms with Crippen LogP contribution < -0.4 is 0 Å². The average Bonchev–Trinajstić information content (AvgIpc) is 2.93. The maximum absolute atomic E-state index is 10.9. The SMILES string of the molecule is CCC(Cl)c1cn(CCc2ccccc2[N+](=O)[O-])nn1. The van der Waals surface area contributed by atoms with Crippen LogP contribution in [0.5, 0.6) is 0 Å². The molecule has 106 valence electrons. The van der Waals surface area contributed by atoms with E-state index >= 15 is 0 Å². The van der Waals surface area contributed by atoms with Crippen molar-refractivity contribution in [3.63, 3.8) is 0 Å². The first-order chi connectivity index (χ1) is 9.61. The second-order valence-corrected chi connectivity index (χ2v) is 4.94. The zero-order chi connectivity index (χ0) is 14.5. The molecule has 0 aliphatic heterocycles. The minimum Gasteiger partial charge on any atom is -0.258 e. The number of halogens is 1. The van der Waals surface area contributed by atoms with E-state index in [2.05, 4.69) is 10.3 Å². The molecule has 0 spiro atoms. The fourth-order valence-electron chi connectivity index (χ4n) is 1.91. The van der Waals surface area contributed by atoms with Crippen LogP contribution in [0, 0.1) is 10.1 Å². The summed E-state index contributed by atoms with van der Waals surface area (Å²) in [4.78, 5) is 10.6. The van der Waals surface area contributed by atoms with E-state index in [0.717, 1.165) is 12.1 Å². The molecule has 1 aromatic carbocycles. The van der Waals surface area contributed by atoms with Gasteiger partial charge in [0.15, 0.2) is 0 Å². The Morgan fingerprint density at radius 3 is 2.90 bits per heavy atom. The van der Waals surface area contributed by atoms with Gasteiger partial charge < -0.3 is 0 Å². The monoisotopic (exact) mass is 294 g/mol. The van der Waals surface area contributed by atoms with Gasteiger partial charge in [-0.15, -0.1) is 16.7 Å². The predicted molar refractivity (Wildman–Crippen MR) is 75.7 cm³/mol. The number of alkyl halides is 1. The lowest BCUT2D eigenvalue weighted by atomic mass is 10.1. The molecular weight excluding hydrogens is 280 g/mol. The normalized spacial score (nSPS) is 12.3. The van der Waals surface area contributed by atoms with Gasteiger partial charge in [-0.1, -0.05) is 30.3 Å². The van der Waals surface area contributed by atoms with Crippen molar-refractivity contribution in [3.8, 4) is 0 Å². The van der Waals surface area contributed by atoms with E-state index in [0.29, 0.717) is 18.5 Å². The first kappa shape index (κ1) is 14.5. The zero-order valence-corrected chi connectivity index (χ0v) is 11.8. The molecule has 1 aromatic heterocycles. The van der Waals surface area contributed by atoms with Crippen LogP contribution in [0.15, 0.2) is 30.5 Å². The molecule has 0 fully saturated rings. The van der Waals surface area contributed by atoms with Crippen LogP contribution in [0.4, 0.5) is 5.69 Å². The Morgan fingerprint density at radius 2 is 2.20 bits per heavy atom. The van der Waals surface area contributed by atoms with Crippen LogP contribution in [0.25, 0.3) is 0 Å². The fourth-order valence-corrected chi connectivity index (χ4v) is 2.01. The largest absolute Gasteiger partial charge is 0.272 e. The number of nitro groups is 1. The molecule has 20 heavy (non-hydrogen) atoms. The summed E-state index contributed by atoms with van der Waals surface area (Å²) in [5, 5.41) is 18.8. The van der Waals surface area contributed by atoms with Gasteiger partial charge in [-0.2, -0.15) is 0 Å². The van der Waals surface area contributed by atoms with Gasteiger partial charge in [-0.3, -0.25) is 14.8 Å². The number of hydrogen-bond donors (Lipinski definition) is 0. The standard InChI is InChI=1S/C13H15ClN4O2/c1-2-11(14)12-9-17(16-15-12)8-7-10-5-3-4-6-13(10)18(19)20/h3-6,9,11H,2,7-8H2,1H3. The molecule has 0 N–H and O–H groups in total. The molecule has 7 heteroatoms. The smallest absolute Gasteiger partial charge is 0.258 e. The minimum absolute atomic E-state index is 0.136. The van der Waals surface area contributed by atoms with Crippen molar-refractivity contribution in [2.75, 3.05) is 0 Å².